The van der Waals surface area contributed by atoms with E-state index in [1.54, 1.807) is 4.90 Å². The smallest absolute Gasteiger partial charge is 0.248 e. The van der Waals surface area contributed by atoms with Crippen LogP contribution >= 0.6 is 0 Å². The van der Waals surface area contributed by atoms with Gasteiger partial charge in [-0.3, -0.25) is 4.79 Å². The molecule has 0 bridgehead atoms. The number of nitrogens with zero attached hydrogens (tertiary/aromatic N) is 1. The lowest BCUT2D eigenvalue weighted by atomic mass is 10.0. The average Bonchev–Trinajstić information content (AvgIpc) is 2.59. The lowest BCUT2D eigenvalue weighted by Gasteiger charge is -2.25. The third-order valence-corrected chi connectivity index (χ3v) is 2.96. The Morgan fingerprint density at radius 1 is 1.60 bits per heavy atom. The molecule has 1 rings (SSSR count). The summed E-state index contributed by atoms with van der Waals surface area (Å²) in [5.74, 6) is 0.400. The SMILES string of the molecule is CCCOCC(=O)N1CCC(C)C1CO. The van der Waals surface area contributed by atoms with Crippen molar-refractivity contribution in [3.05, 3.63) is 0 Å². The van der Waals surface area contributed by atoms with Crippen molar-refractivity contribution < 1.29 is 14.6 Å². The molecule has 1 heterocycles. The highest BCUT2D eigenvalue weighted by molar-refractivity contribution is 5.78. The summed E-state index contributed by atoms with van der Waals surface area (Å²) >= 11 is 0. The summed E-state index contributed by atoms with van der Waals surface area (Å²) < 4.78 is 5.21. The second kappa shape index (κ2) is 6.08. The van der Waals surface area contributed by atoms with E-state index in [2.05, 4.69) is 6.92 Å². The molecule has 0 radical (unpaired) electrons. The predicted molar refractivity (Wildman–Crippen MR) is 57.5 cm³/mol. The van der Waals surface area contributed by atoms with Crippen molar-refractivity contribution in [1.29, 1.82) is 0 Å². The molecule has 2 atom stereocenters. The summed E-state index contributed by atoms with van der Waals surface area (Å²) in [6.07, 6.45) is 1.90. The number of likely N-dealkylation sites (tertiary alicyclic amines) is 1. The molecule has 4 nitrogen and oxygen atoms in total. The molecule has 0 aliphatic carbocycles. The number of carbonyl (C=O) groups is 1. The van der Waals surface area contributed by atoms with Gasteiger partial charge in [0.25, 0.3) is 0 Å². The quantitative estimate of drug-likeness (QED) is 0.685. The summed E-state index contributed by atoms with van der Waals surface area (Å²) in [5.41, 5.74) is 0. The fourth-order valence-corrected chi connectivity index (χ4v) is 1.98. The first-order valence-corrected chi connectivity index (χ1v) is 5.68. The zero-order valence-electron chi connectivity index (χ0n) is 9.61. The van der Waals surface area contributed by atoms with Gasteiger partial charge in [0.15, 0.2) is 0 Å². The molecule has 0 aromatic carbocycles. The van der Waals surface area contributed by atoms with Crippen molar-refractivity contribution in [2.75, 3.05) is 26.4 Å². The number of amides is 1. The van der Waals surface area contributed by atoms with Gasteiger partial charge in [0.2, 0.25) is 5.91 Å². The first-order chi connectivity index (χ1) is 7.20. The van der Waals surface area contributed by atoms with Gasteiger partial charge in [-0.05, 0) is 18.8 Å². The summed E-state index contributed by atoms with van der Waals surface area (Å²) in [4.78, 5) is 13.5. The van der Waals surface area contributed by atoms with Crippen LogP contribution in [-0.4, -0.2) is 48.3 Å². The van der Waals surface area contributed by atoms with E-state index in [0.717, 1.165) is 19.4 Å². The van der Waals surface area contributed by atoms with E-state index in [0.29, 0.717) is 12.5 Å². The fourth-order valence-electron chi connectivity index (χ4n) is 1.98. The molecule has 15 heavy (non-hydrogen) atoms. The molecule has 1 fully saturated rings. The second-order valence-corrected chi connectivity index (χ2v) is 4.16. The van der Waals surface area contributed by atoms with Gasteiger partial charge in [0.1, 0.15) is 6.61 Å². The van der Waals surface area contributed by atoms with Crippen molar-refractivity contribution in [3.63, 3.8) is 0 Å². The Bertz CT molecular complexity index is 208. The summed E-state index contributed by atoms with van der Waals surface area (Å²) in [6.45, 7) is 5.66. The standard InChI is InChI=1S/C11H21NO3/c1-3-6-15-8-11(14)12-5-4-9(2)10(12)7-13/h9-10,13H,3-8H2,1-2H3. The third kappa shape index (κ3) is 3.18. The Balaban J connectivity index is 2.38. The number of hydrogen-bond acceptors (Lipinski definition) is 3. The van der Waals surface area contributed by atoms with Gasteiger partial charge in [0, 0.05) is 13.2 Å². The van der Waals surface area contributed by atoms with E-state index in [4.69, 9.17) is 4.74 Å². The molecule has 1 aliphatic rings. The maximum Gasteiger partial charge on any atom is 0.248 e. The summed E-state index contributed by atoms with van der Waals surface area (Å²) in [7, 11) is 0. The molecular weight excluding hydrogens is 194 g/mol. The molecular formula is C11H21NO3. The highest BCUT2D eigenvalue weighted by atomic mass is 16.5. The van der Waals surface area contributed by atoms with E-state index >= 15 is 0 Å². The van der Waals surface area contributed by atoms with Crippen LogP contribution in [0.1, 0.15) is 26.7 Å². The molecule has 0 saturated carbocycles. The van der Waals surface area contributed by atoms with E-state index in [-0.39, 0.29) is 25.2 Å². The van der Waals surface area contributed by atoms with Crippen molar-refractivity contribution in [2.45, 2.75) is 32.7 Å². The second-order valence-electron chi connectivity index (χ2n) is 4.16. The maximum atomic E-state index is 11.7. The zero-order valence-corrected chi connectivity index (χ0v) is 9.61. The highest BCUT2D eigenvalue weighted by Crippen LogP contribution is 2.23. The first kappa shape index (κ1) is 12.5. The zero-order chi connectivity index (χ0) is 11.3. The van der Waals surface area contributed by atoms with Gasteiger partial charge in [-0.25, -0.2) is 0 Å². The molecule has 1 aliphatic heterocycles. The van der Waals surface area contributed by atoms with Gasteiger partial charge in [0.05, 0.1) is 12.6 Å². The maximum absolute atomic E-state index is 11.7. The van der Waals surface area contributed by atoms with Crippen LogP contribution in [-0.2, 0) is 9.53 Å². The molecule has 1 amide bonds. The van der Waals surface area contributed by atoms with Crippen molar-refractivity contribution in [1.82, 2.24) is 4.90 Å². The summed E-state index contributed by atoms with van der Waals surface area (Å²) in [6, 6.07) is -0.0114. The number of aliphatic hydroxyl groups is 1. The van der Waals surface area contributed by atoms with Crippen LogP contribution in [0.5, 0.6) is 0 Å². The molecule has 1 N–H and O–H groups in total. The first-order valence-electron chi connectivity index (χ1n) is 5.68. The van der Waals surface area contributed by atoms with Gasteiger partial charge >= 0.3 is 0 Å². The molecule has 4 heteroatoms. The van der Waals surface area contributed by atoms with Crippen LogP contribution in [0.4, 0.5) is 0 Å². The number of hydrogen-bond donors (Lipinski definition) is 1. The van der Waals surface area contributed by atoms with E-state index in [1.807, 2.05) is 6.92 Å². The van der Waals surface area contributed by atoms with Gasteiger partial charge in [-0.15, -0.1) is 0 Å². The topological polar surface area (TPSA) is 49.8 Å². The number of aliphatic hydroxyl groups excluding tert-OH is 1. The molecule has 2 unspecified atom stereocenters. The minimum atomic E-state index is -0.0114. The lowest BCUT2D eigenvalue weighted by molar-refractivity contribution is -0.138. The van der Waals surface area contributed by atoms with Crippen molar-refractivity contribution >= 4 is 5.91 Å². The van der Waals surface area contributed by atoms with Crippen molar-refractivity contribution in [2.24, 2.45) is 5.92 Å². The fraction of sp³-hybridized carbons (Fsp3) is 0.909. The highest BCUT2D eigenvalue weighted by Gasteiger charge is 2.33. The molecule has 0 aromatic rings. The summed E-state index contributed by atoms with van der Waals surface area (Å²) in [5, 5.41) is 9.19. The Hall–Kier alpha value is -0.610. The Kier molecular flexibility index (Phi) is 5.05. The number of rotatable bonds is 5. The predicted octanol–water partition coefficient (Wildman–Crippen LogP) is 0.642. The van der Waals surface area contributed by atoms with Crippen LogP contribution in [0.25, 0.3) is 0 Å². The molecule has 0 spiro atoms. The van der Waals surface area contributed by atoms with E-state index < -0.39 is 0 Å². The molecule has 0 aromatic heterocycles. The van der Waals surface area contributed by atoms with Gasteiger partial charge in [-0.2, -0.15) is 0 Å². The van der Waals surface area contributed by atoms with Crippen LogP contribution in [0.15, 0.2) is 0 Å². The molecule has 1 saturated heterocycles. The van der Waals surface area contributed by atoms with E-state index in [1.165, 1.54) is 0 Å². The third-order valence-electron chi connectivity index (χ3n) is 2.96. The Labute approximate surface area is 91.2 Å². The number of carbonyl (C=O) groups excluding carboxylic acids is 1. The lowest BCUT2D eigenvalue weighted by Crippen LogP contribution is -2.41. The van der Waals surface area contributed by atoms with Crippen LogP contribution in [0.2, 0.25) is 0 Å². The Morgan fingerprint density at radius 2 is 2.33 bits per heavy atom. The van der Waals surface area contributed by atoms with E-state index in [9.17, 15) is 9.90 Å². The largest absolute Gasteiger partial charge is 0.394 e. The molecule has 88 valence electrons. The minimum Gasteiger partial charge on any atom is -0.394 e. The van der Waals surface area contributed by atoms with Crippen LogP contribution < -0.4 is 0 Å². The van der Waals surface area contributed by atoms with Crippen LogP contribution in [0.3, 0.4) is 0 Å². The van der Waals surface area contributed by atoms with Gasteiger partial charge in [-0.1, -0.05) is 13.8 Å². The van der Waals surface area contributed by atoms with Crippen LogP contribution in [0, 0.1) is 5.92 Å². The van der Waals surface area contributed by atoms with Crippen molar-refractivity contribution in [3.8, 4) is 0 Å². The number of ether oxygens (including phenoxy) is 1. The normalized spacial score (nSPS) is 25.9. The van der Waals surface area contributed by atoms with Gasteiger partial charge < -0.3 is 14.7 Å². The minimum absolute atomic E-state index is 0.00634. The monoisotopic (exact) mass is 215 g/mol. The Morgan fingerprint density at radius 3 is 2.93 bits per heavy atom. The average molecular weight is 215 g/mol.